The van der Waals surface area contributed by atoms with E-state index in [9.17, 15) is 9.59 Å². The molecule has 0 aromatic rings. The van der Waals surface area contributed by atoms with Gasteiger partial charge in [0.25, 0.3) is 0 Å². The molecule has 1 saturated heterocycles. The van der Waals surface area contributed by atoms with Gasteiger partial charge in [-0.05, 0) is 12.3 Å². The van der Waals surface area contributed by atoms with E-state index in [1.54, 1.807) is 0 Å². The van der Waals surface area contributed by atoms with Gasteiger partial charge in [0.05, 0.1) is 6.54 Å². The molecule has 0 aromatic carbocycles. The lowest BCUT2D eigenvalue weighted by molar-refractivity contribution is -0.123. The second kappa shape index (κ2) is 7.33. The number of piperidine rings is 1. The number of amides is 2. The first-order chi connectivity index (χ1) is 8.47. The number of likely N-dealkylation sites (tertiary alicyclic amines) is 1. The Kier molecular flexibility index (Phi) is 6.07. The number of rotatable bonds is 5. The third-order valence-electron chi connectivity index (χ3n) is 2.96. The first-order valence-electron chi connectivity index (χ1n) is 6.46. The minimum absolute atomic E-state index is 0.0124. The molecule has 1 aliphatic heterocycles. The van der Waals surface area contributed by atoms with Gasteiger partial charge in [0, 0.05) is 39.1 Å². The SMILES string of the molecule is CC(=O)NCCNC(=O)CN1CC(C)CC(N)C1. The van der Waals surface area contributed by atoms with Gasteiger partial charge >= 0.3 is 0 Å². The average Bonchev–Trinajstić information content (AvgIpc) is 2.22. The summed E-state index contributed by atoms with van der Waals surface area (Å²) in [7, 11) is 0. The van der Waals surface area contributed by atoms with E-state index in [4.69, 9.17) is 5.73 Å². The van der Waals surface area contributed by atoms with Crippen LogP contribution in [0.4, 0.5) is 0 Å². The number of nitrogens with two attached hydrogens (primary N) is 1. The van der Waals surface area contributed by atoms with Crippen LogP contribution in [0.15, 0.2) is 0 Å². The maximum Gasteiger partial charge on any atom is 0.234 e. The monoisotopic (exact) mass is 256 g/mol. The minimum Gasteiger partial charge on any atom is -0.355 e. The summed E-state index contributed by atoms with van der Waals surface area (Å²) in [5, 5.41) is 5.41. The molecule has 6 heteroatoms. The molecular formula is C12H24N4O2. The number of nitrogens with one attached hydrogen (secondary N) is 2. The maximum absolute atomic E-state index is 11.7. The van der Waals surface area contributed by atoms with E-state index in [0.29, 0.717) is 25.6 Å². The molecular weight excluding hydrogens is 232 g/mol. The predicted molar refractivity (Wildman–Crippen MR) is 69.9 cm³/mol. The molecule has 0 bridgehead atoms. The lowest BCUT2D eigenvalue weighted by Crippen LogP contribution is -2.50. The molecule has 2 unspecified atom stereocenters. The molecule has 18 heavy (non-hydrogen) atoms. The molecule has 1 fully saturated rings. The Morgan fingerprint density at radius 2 is 1.94 bits per heavy atom. The van der Waals surface area contributed by atoms with Crippen molar-refractivity contribution in [3.05, 3.63) is 0 Å². The molecule has 4 N–H and O–H groups in total. The van der Waals surface area contributed by atoms with Crippen molar-refractivity contribution in [1.29, 1.82) is 0 Å². The summed E-state index contributed by atoms with van der Waals surface area (Å²) in [5.74, 6) is 0.447. The van der Waals surface area contributed by atoms with Gasteiger partial charge < -0.3 is 16.4 Å². The Morgan fingerprint density at radius 1 is 1.28 bits per heavy atom. The quantitative estimate of drug-likeness (QED) is 0.545. The number of carbonyl (C=O) groups is 2. The van der Waals surface area contributed by atoms with Crippen LogP contribution < -0.4 is 16.4 Å². The van der Waals surface area contributed by atoms with Crippen LogP contribution in [0.3, 0.4) is 0 Å². The second-order valence-electron chi connectivity index (χ2n) is 5.13. The molecule has 0 spiro atoms. The molecule has 2 atom stereocenters. The highest BCUT2D eigenvalue weighted by molar-refractivity contribution is 5.78. The van der Waals surface area contributed by atoms with Gasteiger partial charge in [-0.15, -0.1) is 0 Å². The van der Waals surface area contributed by atoms with E-state index < -0.39 is 0 Å². The first-order valence-corrected chi connectivity index (χ1v) is 6.46. The highest BCUT2D eigenvalue weighted by Crippen LogP contribution is 2.14. The topological polar surface area (TPSA) is 87.5 Å². The Morgan fingerprint density at radius 3 is 2.56 bits per heavy atom. The third kappa shape index (κ3) is 5.97. The zero-order valence-electron chi connectivity index (χ0n) is 11.2. The zero-order chi connectivity index (χ0) is 13.5. The molecule has 1 heterocycles. The third-order valence-corrected chi connectivity index (χ3v) is 2.96. The summed E-state index contributed by atoms with van der Waals surface area (Å²) in [5.41, 5.74) is 5.93. The van der Waals surface area contributed by atoms with Gasteiger partial charge in [-0.1, -0.05) is 6.92 Å². The van der Waals surface area contributed by atoms with E-state index in [1.807, 2.05) is 0 Å². The Hall–Kier alpha value is -1.14. The minimum atomic E-state index is -0.0833. The Balaban J connectivity index is 2.17. The predicted octanol–water partition coefficient (Wildman–Crippen LogP) is -1.09. The first kappa shape index (κ1) is 14.9. The van der Waals surface area contributed by atoms with Crippen molar-refractivity contribution in [3.63, 3.8) is 0 Å². The van der Waals surface area contributed by atoms with Crippen LogP contribution in [-0.4, -0.2) is 55.5 Å². The number of nitrogens with zero attached hydrogens (tertiary/aromatic N) is 1. The Bertz CT molecular complexity index is 286. The van der Waals surface area contributed by atoms with Crippen molar-refractivity contribution in [1.82, 2.24) is 15.5 Å². The van der Waals surface area contributed by atoms with Crippen molar-refractivity contribution < 1.29 is 9.59 Å². The fraction of sp³-hybridized carbons (Fsp3) is 0.833. The van der Waals surface area contributed by atoms with Crippen LogP contribution in [0, 0.1) is 5.92 Å². The fourth-order valence-corrected chi connectivity index (χ4v) is 2.34. The summed E-state index contributed by atoms with van der Waals surface area (Å²) in [6, 6.07) is 0.168. The second-order valence-corrected chi connectivity index (χ2v) is 5.13. The van der Waals surface area contributed by atoms with Gasteiger partial charge in [0.2, 0.25) is 11.8 Å². The van der Waals surface area contributed by atoms with Crippen LogP contribution in [0.5, 0.6) is 0 Å². The largest absolute Gasteiger partial charge is 0.355 e. The lowest BCUT2D eigenvalue weighted by atomic mass is 9.97. The average molecular weight is 256 g/mol. The van der Waals surface area contributed by atoms with Gasteiger partial charge in [-0.2, -0.15) is 0 Å². The number of carbonyl (C=O) groups excluding carboxylic acids is 2. The van der Waals surface area contributed by atoms with E-state index in [-0.39, 0.29) is 17.9 Å². The molecule has 1 aliphatic rings. The van der Waals surface area contributed by atoms with Crippen LogP contribution in [-0.2, 0) is 9.59 Å². The zero-order valence-corrected chi connectivity index (χ0v) is 11.2. The summed E-state index contributed by atoms with van der Waals surface area (Å²) >= 11 is 0. The maximum atomic E-state index is 11.7. The molecule has 0 aliphatic carbocycles. The van der Waals surface area contributed by atoms with Crippen molar-refractivity contribution in [3.8, 4) is 0 Å². The van der Waals surface area contributed by atoms with E-state index in [2.05, 4.69) is 22.5 Å². The standard InChI is InChI=1S/C12H24N4O2/c1-9-5-11(13)7-16(6-9)8-12(18)15-4-3-14-10(2)17/h9,11H,3-8,13H2,1-2H3,(H,14,17)(H,15,18). The van der Waals surface area contributed by atoms with Gasteiger partial charge in [0.15, 0.2) is 0 Å². The smallest absolute Gasteiger partial charge is 0.234 e. The molecule has 6 nitrogen and oxygen atoms in total. The number of hydrogen-bond acceptors (Lipinski definition) is 4. The van der Waals surface area contributed by atoms with Crippen LogP contribution >= 0.6 is 0 Å². The fourth-order valence-electron chi connectivity index (χ4n) is 2.34. The van der Waals surface area contributed by atoms with Crippen LogP contribution in [0.1, 0.15) is 20.3 Å². The molecule has 0 radical (unpaired) electrons. The molecule has 0 aromatic heterocycles. The number of hydrogen-bond donors (Lipinski definition) is 3. The van der Waals surface area contributed by atoms with Crippen LogP contribution in [0.25, 0.3) is 0 Å². The van der Waals surface area contributed by atoms with Gasteiger partial charge in [-0.3, -0.25) is 14.5 Å². The molecule has 104 valence electrons. The highest BCUT2D eigenvalue weighted by atomic mass is 16.2. The van der Waals surface area contributed by atoms with Gasteiger partial charge in [-0.25, -0.2) is 0 Å². The van der Waals surface area contributed by atoms with E-state index >= 15 is 0 Å². The highest BCUT2D eigenvalue weighted by Gasteiger charge is 2.23. The van der Waals surface area contributed by atoms with E-state index in [0.717, 1.165) is 19.5 Å². The summed E-state index contributed by atoms with van der Waals surface area (Å²) in [4.78, 5) is 24.4. The van der Waals surface area contributed by atoms with E-state index in [1.165, 1.54) is 6.92 Å². The lowest BCUT2D eigenvalue weighted by Gasteiger charge is -2.34. The summed E-state index contributed by atoms with van der Waals surface area (Å²) in [6.45, 7) is 6.64. The van der Waals surface area contributed by atoms with Crippen molar-refractivity contribution in [2.24, 2.45) is 11.7 Å². The summed E-state index contributed by atoms with van der Waals surface area (Å²) < 4.78 is 0. The molecule has 1 rings (SSSR count). The summed E-state index contributed by atoms with van der Waals surface area (Å²) in [6.07, 6.45) is 1.03. The van der Waals surface area contributed by atoms with Crippen LogP contribution in [0.2, 0.25) is 0 Å². The normalized spacial score (nSPS) is 24.6. The van der Waals surface area contributed by atoms with Gasteiger partial charge in [0.1, 0.15) is 0 Å². The van der Waals surface area contributed by atoms with Crippen molar-refractivity contribution in [2.75, 3.05) is 32.7 Å². The Labute approximate surface area is 108 Å². The van der Waals surface area contributed by atoms with Crippen molar-refractivity contribution in [2.45, 2.75) is 26.3 Å². The molecule has 0 saturated carbocycles. The van der Waals surface area contributed by atoms with Crippen molar-refractivity contribution >= 4 is 11.8 Å². The molecule has 2 amide bonds.